The Morgan fingerprint density at radius 3 is 2.03 bits per heavy atom. The summed E-state index contributed by atoms with van der Waals surface area (Å²) in [5.41, 5.74) is 10.5. The number of allylic oxidation sites excluding steroid dienone is 4. The molecular weight excluding hydrogens is 571 g/mol. The van der Waals surface area contributed by atoms with E-state index in [9.17, 15) is 0 Å². The van der Waals surface area contributed by atoms with Gasteiger partial charge in [0.1, 0.15) is 0 Å². The molecule has 0 saturated heterocycles. The van der Waals surface area contributed by atoms with Gasteiger partial charge in [0.05, 0.1) is 0 Å². The van der Waals surface area contributed by atoms with Crippen molar-refractivity contribution in [3.63, 3.8) is 0 Å². The van der Waals surface area contributed by atoms with Crippen LogP contribution in [0.1, 0.15) is 75.8 Å². The van der Waals surface area contributed by atoms with E-state index in [-0.39, 0.29) is 35.6 Å². The third kappa shape index (κ3) is 5.76. The van der Waals surface area contributed by atoms with Crippen LogP contribution in [0.4, 0.5) is 0 Å². The van der Waals surface area contributed by atoms with Gasteiger partial charge >= 0.3 is 218 Å². The summed E-state index contributed by atoms with van der Waals surface area (Å²) in [6.07, 6.45) is 9.10. The van der Waals surface area contributed by atoms with Crippen molar-refractivity contribution in [3.05, 3.63) is 110 Å². The zero-order chi connectivity index (χ0) is 25.0. The molecule has 0 amide bonds. The van der Waals surface area contributed by atoms with Gasteiger partial charge in [0.15, 0.2) is 0 Å². The molecule has 0 fully saturated rings. The Morgan fingerprint density at radius 2 is 1.43 bits per heavy atom. The van der Waals surface area contributed by atoms with Crippen molar-refractivity contribution in [2.45, 2.75) is 69.3 Å². The van der Waals surface area contributed by atoms with E-state index in [4.69, 9.17) is 4.21 Å². The molecule has 2 aliphatic carbocycles. The minimum atomic E-state index is -3.23. The molecular formula is C34H41Cl2Zr. The van der Waals surface area contributed by atoms with E-state index in [1.165, 1.54) is 33.4 Å². The topological polar surface area (TPSA) is 0 Å². The summed E-state index contributed by atoms with van der Waals surface area (Å²) in [6.45, 7) is 14.0. The Kier molecular flexibility index (Phi) is 8.86. The summed E-state index contributed by atoms with van der Waals surface area (Å²) < 4.78 is 9.60. The van der Waals surface area contributed by atoms with E-state index in [2.05, 4.69) is 120 Å². The van der Waals surface area contributed by atoms with Crippen molar-refractivity contribution in [1.29, 1.82) is 0 Å². The first kappa shape index (κ1) is 30.0. The molecule has 3 aromatic carbocycles. The Hall–Kier alpha value is -1.53. The van der Waals surface area contributed by atoms with Crippen molar-refractivity contribution >= 4 is 32.3 Å². The van der Waals surface area contributed by atoms with Gasteiger partial charge in [0.25, 0.3) is 0 Å². The van der Waals surface area contributed by atoms with E-state index in [1.807, 2.05) is 0 Å². The zero-order valence-electron chi connectivity index (χ0n) is 23.2. The van der Waals surface area contributed by atoms with Crippen LogP contribution in [0.2, 0.25) is 0 Å². The molecule has 3 aromatic rings. The molecule has 0 spiro atoms. The summed E-state index contributed by atoms with van der Waals surface area (Å²) in [4.78, 5) is 0. The predicted molar refractivity (Wildman–Crippen MR) is 165 cm³/mol. The van der Waals surface area contributed by atoms with Gasteiger partial charge in [-0.25, -0.2) is 0 Å². The van der Waals surface area contributed by atoms with E-state index >= 15 is 0 Å². The standard InChI is InChI=1S/C21H25.C7H7.C5H5.CH2.2ClH.Zr/c1-20(2,3)16-9-7-14-11-15-8-10-17(21(4,5)6)13-19(15)18(14)12-16;1-7-5-3-2-4-6-7;1-2-4-5-3-1;;;;/h7,9-10,12-13H,11H2,1-6H3;2-6H,1H2;1-3H,4H2;1H2;2*1H;. The van der Waals surface area contributed by atoms with E-state index < -0.39 is 19.8 Å². The van der Waals surface area contributed by atoms with Gasteiger partial charge in [-0.1, -0.05) is 0 Å². The Labute approximate surface area is 241 Å². The van der Waals surface area contributed by atoms with Crippen LogP contribution in [0.25, 0.3) is 11.1 Å². The molecule has 0 aliphatic heterocycles. The minimum absolute atomic E-state index is 0. The van der Waals surface area contributed by atoms with Crippen molar-refractivity contribution in [2.75, 3.05) is 0 Å². The maximum absolute atomic E-state index is 5.24. The fourth-order valence-corrected chi connectivity index (χ4v) is 15.2. The summed E-state index contributed by atoms with van der Waals surface area (Å²) in [6, 6.07) is 23.4. The first-order valence-corrected chi connectivity index (χ1v) is 19.0. The van der Waals surface area contributed by atoms with Crippen LogP contribution >= 0.6 is 24.8 Å². The second-order valence-electron chi connectivity index (χ2n) is 12.7. The first-order valence-electron chi connectivity index (χ1n) is 13.0. The second kappa shape index (κ2) is 10.9. The van der Waals surface area contributed by atoms with Crippen molar-refractivity contribution in [1.82, 2.24) is 0 Å². The van der Waals surface area contributed by atoms with Gasteiger partial charge in [-0.05, 0) is 0 Å². The number of fused-ring (bicyclic) bond motifs is 3. The third-order valence-electron chi connectivity index (χ3n) is 8.00. The van der Waals surface area contributed by atoms with Crippen molar-refractivity contribution in [3.8, 4) is 11.1 Å². The van der Waals surface area contributed by atoms with Crippen LogP contribution in [-0.4, -0.2) is 4.21 Å². The Morgan fingerprint density at radius 1 is 0.784 bits per heavy atom. The molecule has 195 valence electrons. The van der Waals surface area contributed by atoms with Gasteiger partial charge in [-0.15, -0.1) is 24.8 Å². The molecule has 5 rings (SSSR count). The fraction of sp³-hybridized carbons (Fsp3) is 0.324. The molecule has 0 saturated carbocycles. The van der Waals surface area contributed by atoms with E-state index in [1.54, 1.807) is 12.1 Å². The molecule has 0 bridgehead atoms. The second-order valence-corrected chi connectivity index (χ2v) is 21.8. The quantitative estimate of drug-likeness (QED) is 0.216. The van der Waals surface area contributed by atoms with E-state index in [0.29, 0.717) is 0 Å². The molecule has 0 N–H and O–H groups in total. The SMILES string of the molecule is Cl.Cl.[CH2]=[Zr]([CH2]c1ccccc1)([C]1=CC=CC1)[c]1cc(C(C)(C)C)cc2c1Cc1ccc(C(C)(C)C)cc1-2. The zero-order valence-corrected chi connectivity index (χ0v) is 27.2. The van der Waals surface area contributed by atoms with Gasteiger partial charge in [-0.2, -0.15) is 0 Å². The van der Waals surface area contributed by atoms with Gasteiger partial charge < -0.3 is 0 Å². The molecule has 2 aliphatic rings. The predicted octanol–water partition coefficient (Wildman–Crippen LogP) is 8.95. The molecule has 0 aromatic heterocycles. The summed E-state index contributed by atoms with van der Waals surface area (Å²) in [5.74, 6) is 0. The number of halogens is 2. The molecule has 1 unspecified atom stereocenters. The number of hydrogen-bond donors (Lipinski definition) is 0. The molecule has 37 heavy (non-hydrogen) atoms. The molecule has 0 radical (unpaired) electrons. The van der Waals surface area contributed by atoms with Crippen molar-refractivity contribution < 1.29 is 19.8 Å². The maximum atomic E-state index is 5.24. The van der Waals surface area contributed by atoms with Gasteiger partial charge in [-0.3, -0.25) is 0 Å². The monoisotopic (exact) mass is 609 g/mol. The van der Waals surface area contributed by atoms with Crippen LogP contribution in [0.3, 0.4) is 0 Å². The molecule has 0 nitrogen and oxygen atoms in total. The third-order valence-corrected chi connectivity index (χ3v) is 18.1. The normalized spacial score (nSPS) is 15.7. The number of rotatable bonds is 4. The van der Waals surface area contributed by atoms with Gasteiger partial charge in [0, 0.05) is 0 Å². The fourth-order valence-electron chi connectivity index (χ4n) is 5.73. The van der Waals surface area contributed by atoms with Crippen LogP contribution in [0.5, 0.6) is 0 Å². The van der Waals surface area contributed by atoms with Gasteiger partial charge in [0.2, 0.25) is 0 Å². The van der Waals surface area contributed by atoms with Crippen LogP contribution in [0.15, 0.2) is 82.2 Å². The Balaban J connectivity index is 0.00000190. The average molecular weight is 612 g/mol. The van der Waals surface area contributed by atoms with Crippen LogP contribution in [0, 0.1) is 0 Å². The summed E-state index contributed by atoms with van der Waals surface area (Å²) in [5, 5.41) is 0. The summed E-state index contributed by atoms with van der Waals surface area (Å²) >= 11 is -3.23. The van der Waals surface area contributed by atoms with Crippen LogP contribution in [-0.2, 0) is 41.2 Å². The number of hydrogen-bond acceptors (Lipinski definition) is 0. The van der Waals surface area contributed by atoms with Crippen molar-refractivity contribution in [2.24, 2.45) is 0 Å². The Bertz CT molecular complexity index is 1400. The van der Waals surface area contributed by atoms with Crippen LogP contribution < -0.4 is 3.27 Å². The van der Waals surface area contributed by atoms with E-state index in [0.717, 1.165) is 17.0 Å². The first-order chi connectivity index (χ1) is 16.5. The molecule has 0 heterocycles. The average Bonchev–Trinajstić information content (AvgIpc) is 3.46. The number of benzene rings is 3. The molecule has 1 atom stereocenters. The molecule has 3 heteroatoms. The summed E-state index contributed by atoms with van der Waals surface area (Å²) in [7, 11) is 0.